The highest BCUT2D eigenvalue weighted by Crippen LogP contribution is 2.33. The summed E-state index contributed by atoms with van der Waals surface area (Å²) in [6, 6.07) is 0.949. The van der Waals surface area contributed by atoms with E-state index in [-0.39, 0.29) is 49.1 Å². The monoisotopic (exact) mass is 482 g/mol. The van der Waals surface area contributed by atoms with Gasteiger partial charge in [-0.2, -0.15) is 18.3 Å². The molecule has 3 rings (SSSR count). The molecule has 1 atom stereocenters. The summed E-state index contributed by atoms with van der Waals surface area (Å²) in [4.78, 5) is 33.6. The Kier molecular flexibility index (Phi) is 7.47. The van der Waals surface area contributed by atoms with Gasteiger partial charge in [-0.3, -0.25) is 14.3 Å². The number of aromatic nitrogens is 4. The fourth-order valence-corrected chi connectivity index (χ4v) is 3.31. The molecule has 0 radical (unpaired) electrons. The van der Waals surface area contributed by atoms with Crippen LogP contribution in [-0.2, 0) is 27.0 Å². The average Bonchev–Trinajstić information content (AvgIpc) is 3.16. The summed E-state index contributed by atoms with van der Waals surface area (Å²) >= 11 is 0. The molecule has 12 heteroatoms. The summed E-state index contributed by atoms with van der Waals surface area (Å²) < 4.78 is 46.7. The molecule has 1 fully saturated rings. The predicted molar refractivity (Wildman–Crippen MR) is 118 cm³/mol. The second-order valence-corrected chi connectivity index (χ2v) is 9.23. The number of anilines is 1. The Morgan fingerprint density at radius 1 is 1.24 bits per heavy atom. The van der Waals surface area contributed by atoms with E-state index in [1.165, 1.54) is 17.1 Å². The molecule has 34 heavy (non-hydrogen) atoms. The van der Waals surface area contributed by atoms with E-state index in [9.17, 15) is 22.8 Å². The first-order valence-electron chi connectivity index (χ1n) is 11.1. The van der Waals surface area contributed by atoms with Gasteiger partial charge in [-0.05, 0) is 46.6 Å². The molecule has 0 bridgehead atoms. The number of esters is 1. The summed E-state index contributed by atoms with van der Waals surface area (Å²) in [6.07, 6.45) is -0.330. The molecule has 1 saturated heterocycles. The van der Waals surface area contributed by atoms with Crippen molar-refractivity contribution in [2.45, 2.75) is 71.3 Å². The molecular formula is C22H29F3N6O3. The van der Waals surface area contributed by atoms with Crippen LogP contribution in [0.5, 0.6) is 0 Å². The zero-order valence-electron chi connectivity index (χ0n) is 19.6. The van der Waals surface area contributed by atoms with Crippen molar-refractivity contribution in [3.63, 3.8) is 0 Å². The van der Waals surface area contributed by atoms with Gasteiger partial charge in [0.05, 0.1) is 11.9 Å². The van der Waals surface area contributed by atoms with Gasteiger partial charge < -0.3 is 15.0 Å². The number of rotatable bonds is 8. The van der Waals surface area contributed by atoms with Crippen molar-refractivity contribution in [1.82, 2.24) is 25.1 Å². The van der Waals surface area contributed by atoms with Crippen LogP contribution in [0.1, 0.15) is 52.7 Å². The number of hydrogen-bond donors (Lipinski definition) is 1. The Balaban J connectivity index is 1.60. The minimum absolute atomic E-state index is 0.0269. The van der Waals surface area contributed by atoms with E-state index in [0.717, 1.165) is 12.5 Å². The van der Waals surface area contributed by atoms with Crippen LogP contribution in [0.15, 0.2) is 18.5 Å². The van der Waals surface area contributed by atoms with E-state index >= 15 is 0 Å². The van der Waals surface area contributed by atoms with Crippen molar-refractivity contribution < 1.29 is 27.5 Å². The van der Waals surface area contributed by atoms with Gasteiger partial charge in [0.15, 0.2) is 5.69 Å². The molecule has 3 heterocycles. The molecule has 0 aromatic carbocycles. The molecule has 1 aliphatic rings. The first kappa shape index (κ1) is 25.4. The zero-order chi connectivity index (χ0) is 25.1. The number of alkyl halides is 3. The lowest BCUT2D eigenvalue weighted by molar-refractivity contribution is -0.155. The Bertz CT molecular complexity index is 1030. The second kappa shape index (κ2) is 9.98. The lowest BCUT2D eigenvalue weighted by atomic mass is 10.1. The zero-order valence-corrected chi connectivity index (χ0v) is 19.6. The van der Waals surface area contributed by atoms with Gasteiger partial charge >= 0.3 is 12.1 Å². The van der Waals surface area contributed by atoms with Crippen LogP contribution >= 0.6 is 0 Å². The number of nitrogens with one attached hydrogen (secondary N) is 1. The van der Waals surface area contributed by atoms with E-state index in [2.05, 4.69) is 20.4 Å². The van der Waals surface area contributed by atoms with Gasteiger partial charge in [-0.15, -0.1) is 0 Å². The van der Waals surface area contributed by atoms with Crippen molar-refractivity contribution in [1.29, 1.82) is 0 Å². The van der Waals surface area contributed by atoms with Crippen molar-refractivity contribution in [3.8, 4) is 11.3 Å². The molecular weight excluding hydrogens is 453 g/mol. The molecule has 1 N–H and O–H groups in total. The maximum atomic E-state index is 13.4. The van der Waals surface area contributed by atoms with Gasteiger partial charge in [0.2, 0.25) is 11.9 Å². The van der Waals surface area contributed by atoms with Gasteiger partial charge in [-0.25, -0.2) is 9.97 Å². The summed E-state index contributed by atoms with van der Waals surface area (Å²) in [5.41, 5.74) is -1.15. The van der Waals surface area contributed by atoms with Crippen LogP contribution in [-0.4, -0.2) is 56.4 Å². The topological polar surface area (TPSA) is 102 Å². The largest absolute Gasteiger partial charge is 0.460 e. The van der Waals surface area contributed by atoms with Crippen LogP contribution in [0.2, 0.25) is 0 Å². The van der Waals surface area contributed by atoms with Crippen molar-refractivity contribution in [3.05, 3.63) is 24.2 Å². The highest BCUT2D eigenvalue weighted by atomic mass is 19.4. The molecule has 2 aromatic heterocycles. The van der Waals surface area contributed by atoms with Gasteiger partial charge in [0.25, 0.3) is 0 Å². The third-order valence-corrected chi connectivity index (χ3v) is 5.12. The molecule has 1 amide bonds. The summed E-state index contributed by atoms with van der Waals surface area (Å²) in [5.74, 6) is -0.653. The van der Waals surface area contributed by atoms with E-state index in [0.29, 0.717) is 18.5 Å². The summed E-state index contributed by atoms with van der Waals surface area (Å²) in [6.45, 7) is 7.99. The second-order valence-electron chi connectivity index (χ2n) is 9.23. The van der Waals surface area contributed by atoms with Crippen LogP contribution < -0.4 is 10.2 Å². The van der Waals surface area contributed by atoms with Gasteiger partial charge in [0, 0.05) is 37.3 Å². The smallest absolute Gasteiger partial charge is 0.433 e. The van der Waals surface area contributed by atoms with Crippen molar-refractivity contribution in [2.24, 2.45) is 0 Å². The van der Waals surface area contributed by atoms with Crippen LogP contribution in [0.25, 0.3) is 11.3 Å². The normalized spacial score (nSPS) is 16.2. The Morgan fingerprint density at radius 2 is 1.97 bits per heavy atom. The third-order valence-electron chi connectivity index (χ3n) is 5.12. The number of carbonyl (C=O) groups excluding carboxylic acids is 2. The SMILES string of the molecule is C[C@H]1CCN1c1nc(-c2cnn(CC(=O)NCCCC(=O)OC(C)(C)C)c2)cc(C(F)(F)F)n1. The van der Waals surface area contributed by atoms with Gasteiger partial charge in [-0.1, -0.05) is 0 Å². The lowest BCUT2D eigenvalue weighted by Gasteiger charge is -2.38. The average molecular weight is 483 g/mol. The number of ether oxygens (including phenoxy) is 1. The first-order chi connectivity index (χ1) is 15.8. The molecule has 0 unspecified atom stereocenters. The minimum Gasteiger partial charge on any atom is -0.460 e. The van der Waals surface area contributed by atoms with Crippen molar-refractivity contribution in [2.75, 3.05) is 18.0 Å². The predicted octanol–water partition coefficient (Wildman–Crippen LogP) is 3.20. The van der Waals surface area contributed by atoms with Crippen LogP contribution in [0.4, 0.5) is 19.1 Å². The Labute approximate surface area is 195 Å². The lowest BCUT2D eigenvalue weighted by Crippen LogP contribution is -2.46. The summed E-state index contributed by atoms with van der Waals surface area (Å²) in [5, 5.41) is 6.75. The quantitative estimate of drug-likeness (QED) is 0.455. The Hall–Kier alpha value is -3.18. The van der Waals surface area contributed by atoms with E-state index in [4.69, 9.17) is 4.74 Å². The Morgan fingerprint density at radius 3 is 2.56 bits per heavy atom. The minimum atomic E-state index is -4.62. The molecule has 2 aromatic rings. The highest BCUT2D eigenvalue weighted by Gasteiger charge is 2.36. The molecule has 0 aliphatic carbocycles. The van der Waals surface area contributed by atoms with E-state index in [1.807, 2.05) is 6.92 Å². The van der Waals surface area contributed by atoms with Crippen LogP contribution in [0, 0.1) is 0 Å². The first-order valence-corrected chi connectivity index (χ1v) is 11.1. The van der Waals surface area contributed by atoms with Gasteiger partial charge in [0.1, 0.15) is 12.1 Å². The number of hydrogen-bond acceptors (Lipinski definition) is 7. The fraction of sp³-hybridized carbons (Fsp3) is 0.591. The van der Waals surface area contributed by atoms with E-state index < -0.39 is 17.5 Å². The number of amides is 1. The highest BCUT2D eigenvalue weighted by molar-refractivity contribution is 5.76. The fourth-order valence-electron chi connectivity index (χ4n) is 3.31. The van der Waals surface area contributed by atoms with Crippen LogP contribution in [0.3, 0.4) is 0 Å². The maximum absolute atomic E-state index is 13.4. The molecule has 0 saturated carbocycles. The standard InChI is InChI=1S/C22H29F3N6O3/c1-14-7-9-31(14)20-28-16(10-17(29-20)22(23,24)25)15-11-27-30(12-15)13-18(32)26-8-5-6-19(33)34-21(2,3)4/h10-12,14H,5-9,13H2,1-4H3,(H,26,32)/t14-/m0/s1. The van der Waals surface area contributed by atoms with E-state index in [1.54, 1.807) is 25.7 Å². The molecule has 1 aliphatic heterocycles. The maximum Gasteiger partial charge on any atom is 0.433 e. The third kappa shape index (κ3) is 6.91. The number of halogens is 3. The molecule has 9 nitrogen and oxygen atoms in total. The summed E-state index contributed by atoms with van der Waals surface area (Å²) in [7, 11) is 0. The molecule has 186 valence electrons. The molecule has 0 spiro atoms. The number of carbonyl (C=O) groups is 2. The van der Waals surface area contributed by atoms with Crippen molar-refractivity contribution >= 4 is 17.8 Å². The number of nitrogens with zero attached hydrogens (tertiary/aromatic N) is 5.